The first-order chi connectivity index (χ1) is 7.53. The Morgan fingerprint density at radius 1 is 1.50 bits per heavy atom. The molecular weight excluding hydrogens is 204 g/mol. The molecule has 0 amide bonds. The highest BCUT2D eigenvalue weighted by Gasteiger charge is 2.45. The van der Waals surface area contributed by atoms with Crippen LogP contribution in [0.5, 0.6) is 0 Å². The molecule has 3 atom stereocenters. The van der Waals surface area contributed by atoms with Gasteiger partial charge in [0.15, 0.2) is 0 Å². The van der Waals surface area contributed by atoms with Crippen LogP contribution in [0.4, 0.5) is 0 Å². The van der Waals surface area contributed by atoms with Crippen molar-refractivity contribution in [2.75, 3.05) is 13.1 Å². The summed E-state index contributed by atoms with van der Waals surface area (Å²) in [6.45, 7) is 6.20. The molecule has 0 bridgehead atoms. The van der Waals surface area contributed by atoms with Gasteiger partial charge >= 0.3 is 5.97 Å². The molecule has 0 aromatic carbocycles. The van der Waals surface area contributed by atoms with Gasteiger partial charge in [-0.25, -0.2) is 0 Å². The standard InChI is InChI=1S/C12H22N2O2/c1-9-7-10(11(15)16)14(8-9)12(2)5-3-4-6-13-12/h9-10,13H,3-8H2,1-2H3,(H,15,16)/t9?,10-,12?/m0/s1. The van der Waals surface area contributed by atoms with Crippen molar-refractivity contribution in [1.29, 1.82) is 0 Å². The largest absolute Gasteiger partial charge is 0.480 e. The zero-order valence-corrected chi connectivity index (χ0v) is 10.2. The number of likely N-dealkylation sites (tertiary alicyclic amines) is 1. The van der Waals surface area contributed by atoms with Crippen LogP contribution in [0.3, 0.4) is 0 Å². The molecule has 2 fully saturated rings. The summed E-state index contributed by atoms with van der Waals surface area (Å²) in [5.74, 6) is -0.181. The van der Waals surface area contributed by atoms with Gasteiger partial charge in [0, 0.05) is 6.54 Å². The molecule has 2 aliphatic heterocycles. The molecule has 92 valence electrons. The van der Waals surface area contributed by atoms with E-state index in [4.69, 9.17) is 0 Å². The van der Waals surface area contributed by atoms with Crippen molar-refractivity contribution >= 4 is 5.97 Å². The lowest BCUT2D eigenvalue weighted by molar-refractivity contribution is -0.145. The van der Waals surface area contributed by atoms with Crippen LogP contribution in [0.15, 0.2) is 0 Å². The number of nitrogens with one attached hydrogen (secondary N) is 1. The van der Waals surface area contributed by atoms with Crippen LogP contribution in [-0.4, -0.2) is 40.8 Å². The first-order valence-corrected chi connectivity index (χ1v) is 6.27. The monoisotopic (exact) mass is 226 g/mol. The number of carbonyl (C=O) groups is 1. The molecule has 2 unspecified atom stereocenters. The van der Waals surface area contributed by atoms with Gasteiger partial charge in [0.2, 0.25) is 0 Å². The maximum absolute atomic E-state index is 11.3. The molecule has 2 heterocycles. The van der Waals surface area contributed by atoms with Gasteiger partial charge in [-0.2, -0.15) is 0 Å². The summed E-state index contributed by atoms with van der Waals surface area (Å²) in [6.07, 6.45) is 4.24. The van der Waals surface area contributed by atoms with Crippen molar-refractivity contribution < 1.29 is 9.90 Å². The maximum atomic E-state index is 11.3. The van der Waals surface area contributed by atoms with Crippen molar-refractivity contribution in [2.24, 2.45) is 5.92 Å². The number of hydrogen-bond donors (Lipinski definition) is 2. The smallest absolute Gasteiger partial charge is 0.320 e. The summed E-state index contributed by atoms with van der Waals surface area (Å²) in [4.78, 5) is 13.4. The summed E-state index contributed by atoms with van der Waals surface area (Å²) in [6, 6.07) is -0.300. The van der Waals surface area contributed by atoms with Gasteiger partial charge in [-0.1, -0.05) is 6.92 Å². The zero-order valence-electron chi connectivity index (χ0n) is 10.2. The molecule has 0 aromatic rings. The topological polar surface area (TPSA) is 52.6 Å². The van der Waals surface area contributed by atoms with E-state index in [1.165, 1.54) is 12.8 Å². The number of rotatable bonds is 2. The number of carboxylic acid groups (broad SMARTS) is 1. The highest BCUT2D eigenvalue weighted by atomic mass is 16.4. The Kier molecular flexibility index (Phi) is 3.22. The molecule has 0 saturated carbocycles. The lowest BCUT2D eigenvalue weighted by atomic mass is 9.97. The fourth-order valence-electron chi connectivity index (χ4n) is 3.11. The number of aliphatic carboxylic acids is 1. The Bertz CT molecular complexity index is 274. The third-order valence-electron chi connectivity index (χ3n) is 4.03. The van der Waals surface area contributed by atoms with E-state index in [1.807, 2.05) is 0 Å². The molecule has 0 radical (unpaired) electrons. The summed E-state index contributed by atoms with van der Waals surface area (Å²) >= 11 is 0. The molecule has 16 heavy (non-hydrogen) atoms. The number of hydrogen-bond acceptors (Lipinski definition) is 3. The average molecular weight is 226 g/mol. The minimum absolute atomic E-state index is 0.105. The molecule has 2 aliphatic rings. The fraction of sp³-hybridized carbons (Fsp3) is 0.917. The second-order valence-electron chi connectivity index (χ2n) is 5.51. The Hall–Kier alpha value is -0.610. The molecule has 2 N–H and O–H groups in total. The van der Waals surface area contributed by atoms with Crippen LogP contribution in [0, 0.1) is 5.92 Å². The number of piperidine rings is 1. The van der Waals surface area contributed by atoms with Gasteiger partial charge in [0.1, 0.15) is 6.04 Å². The van der Waals surface area contributed by atoms with Crippen LogP contribution in [-0.2, 0) is 4.79 Å². The third-order valence-corrected chi connectivity index (χ3v) is 4.03. The normalized spacial score (nSPS) is 41.1. The van der Waals surface area contributed by atoms with Gasteiger partial charge in [0.05, 0.1) is 5.66 Å². The first kappa shape index (κ1) is 11.9. The molecule has 0 aliphatic carbocycles. The minimum Gasteiger partial charge on any atom is -0.480 e. The van der Waals surface area contributed by atoms with E-state index in [9.17, 15) is 9.90 Å². The van der Waals surface area contributed by atoms with E-state index in [0.717, 1.165) is 25.9 Å². The molecule has 0 aromatic heterocycles. The van der Waals surface area contributed by atoms with Crippen molar-refractivity contribution in [3.8, 4) is 0 Å². The lowest BCUT2D eigenvalue weighted by Crippen LogP contribution is -2.61. The third kappa shape index (κ3) is 2.09. The highest BCUT2D eigenvalue weighted by Crippen LogP contribution is 2.33. The molecule has 2 rings (SSSR count). The fourth-order valence-corrected chi connectivity index (χ4v) is 3.11. The van der Waals surface area contributed by atoms with E-state index in [-0.39, 0.29) is 11.7 Å². The first-order valence-electron chi connectivity index (χ1n) is 6.27. The zero-order chi connectivity index (χ0) is 11.8. The van der Waals surface area contributed by atoms with Gasteiger partial charge in [0.25, 0.3) is 0 Å². The molecule has 4 nitrogen and oxygen atoms in total. The van der Waals surface area contributed by atoms with Crippen LogP contribution in [0.25, 0.3) is 0 Å². The van der Waals surface area contributed by atoms with Crippen molar-refractivity contribution in [2.45, 2.75) is 51.2 Å². The second kappa shape index (κ2) is 4.34. The highest BCUT2D eigenvalue weighted by molar-refractivity contribution is 5.74. The Labute approximate surface area is 97.0 Å². The van der Waals surface area contributed by atoms with Crippen LogP contribution >= 0.6 is 0 Å². The molecule has 2 saturated heterocycles. The van der Waals surface area contributed by atoms with E-state index in [0.29, 0.717) is 5.92 Å². The number of nitrogens with zero attached hydrogens (tertiary/aromatic N) is 1. The summed E-state index contributed by atoms with van der Waals surface area (Å²) in [5.41, 5.74) is -0.105. The van der Waals surface area contributed by atoms with Crippen molar-refractivity contribution in [3.63, 3.8) is 0 Å². The summed E-state index contributed by atoms with van der Waals surface area (Å²) in [5, 5.41) is 12.8. The Morgan fingerprint density at radius 3 is 2.81 bits per heavy atom. The average Bonchev–Trinajstić information content (AvgIpc) is 2.62. The SMILES string of the molecule is CC1C[C@@H](C(=O)O)N(C2(C)CCCCN2)C1. The summed E-state index contributed by atoms with van der Waals surface area (Å²) < 4.78 is 0. The number of carboxylic acids is 1. The quantitative estimate of drug-likeness (QED) is 0.744. The van der Waals surface area contributed by atoms with E-state index < -0.39 is 5.97 Å². The predicted molar refractivity (Wildman–Crippen MR) is 62.2 cm³/mol. The van der Waals surface area contributed by atoms with Crippen LogP contribution in [0.1, 0.15) is 39.5 Å². The minimum atomic E-state index is -0.669. The lowest BCUT2D eigenvalue weighted by Gasteiger charge is -2.44. The maximum Gasteiger partial charge on any atom is 0.320 e. The van der Waals surface area contributed by atoms with E-state index >= 15 is 0 Å². The van der Waals surface area contributed by atoms with Crippen LogP contribution in [0.2, 0.25) is 0 Å². The van der Waals surface area contributed by atoms with Gasteiger partial charge in [-0.15, -0.1) is 0 Å². The Morgan fingerprint density at radius 2 is 2.25 bits per heavy atom. The molecular formula is C12H22N2O2. The molecule has 0 spiro atoms. The predicted octanol–water partition coefficient (Wildman–Crippen LogP) is 1.27. The van der Waals surface area contributed by atoms with E-state index in [1.54, 1.807) is 0 Å². The van der Waals surface area contributed by atoms with Gasteiger partial charge in [-0.3, -0.25) is 15.0 Å². The van der Waals surface area contributed by atoms with Crippen molar-refractivity contribution in [1.82, 2.24) is 10.2 Å². The Balaban J connectivity index is 2.14. The van der Waals surface area contributed by atoms with Crippen molar-refractivity contribution in [3.05, 3.63) is 0 Å². The second-order valence-corrected chi connectivity index (χ2v) is 5.51. The van der Waals surface area contributed by atoms with Gasteiger partial charge < -0.3 is 5.11 Å². The van der Waals surface area contributed by atoms with E-state index in [2.05, 4.69) is 24.1 Å². The molecule has 4 heteroatoms. The summed E-state index contributed by atoms with van der Waals surface area (Å²) in [7, 11) is 0. The van der Waals surface area contributed by atoms with Crippen LogP contribution < -0.4 is 5.32 Å². The van der Waals surface area contributed by atoms with Gasteiger partial charge in [-0.05, 0) is 45.1 Å².